The molecule has 0 spiro atoms. The Kier molecular flexibility index (Phi) is 8.72. The van der Waals surface area contributed by atoms with E-state index in [2.05, 4.69) is 27.8 Å². The number of thiophene rings is 1. The second-order valence-corrected chi connectivity index (χ2v) is 7.15. The first kappa shape index (κ1) is 20.1. The summed E-state index contributed by atoms with van der Waals surface area (Å²) in [6.07, 6.45) is 0.918. The van der Waals surface area contributed by atoms with Gasteiger partial charge in [-0.2, -0.15) is 0 Å². The second kappa shape index (κ2) is 10.00. The van der Waals surface area contributed by atoms with Gasteiger partial charge in [0.05, 0.1) is 28.1 Å². The molecule has 1 amide bonds. The number of carbonyl (C=O) groups is 1. The van der Waals surface area contributed by atoms with E-state index in [1.54, 1.807) is 29.8 Å². The zero-order chi connectivity index (χ0) is 15.9. The summed E-state index contributed by atoms with van der Waals surface area (Å²) >= 11 is 3.38. The highest BCUT2D eigenvalue weighted by Crippen LogP contribution is 2.29. The number of thiazole rings is 1. The van der Waals surface area contributed by atoms with Crippen LogP contribution in [0.5, 0.6) is 0 Å². The molecule has 0 fully saturated rings. The first-order chi connectivity index (χ1) is 10.6. The molecule has 0 aliphatic rings. The van der Waals surface area contributed by atoms with Gasteiger partial charge in [0, 0.05) is 30.5 Å². The van der Waals surface area contributed by atoms with Crippen LogP contribution in [0.25, 0.3) is 10.6 Å². The summed E-state index contributed by atoms with van der Waals surface area (Å²) in [5.41, 5.74) is 6.54. The van der Waals surface area contributed by atoms with Gasteiger partial charge in [-0.15, -0.1) is 35.1 Å². The Bertz CT molecular complexity index is 611. The molecule has 2 aromatic heterocycles. The minimum Gasteiger partial charge on any atom is -0.380 e. The Labute approximate surface area is 150 Å². The van der Waals surface area contributed by atoms with Crippen molar-refractivity contribution in [2.75, 3.05) is 20.2 Å². The van der Waals surface area contributed by atoms with Crippen molar-refractivity contribution in [3.8, 4) is 10.6 Å². The first-order valence-electron chi connectivity index (χ1n) is 7.13. The third kappa shape index (κ3) is 6.19. The van der Waals surface area contributed by atoms with E-state index < -0.39 is 0 Å². The predicted octanol–water partition coefficient (Wildman–Crippen LogP) is 2.62. The highest BCUT2D eigenvalue weighted by Gasteiger charge is 2.11. The number of carbonyl (C=O) groups excluding carboxylic acids is 1. The standard InChI is InChI=1S/C15H21N3O2S2.ClH/c1-10-18-13(9-21-10)14-4-3-12(22-14)5-6-17-15(19)7-11(8-16)20-2;/h3-4,9,11H,5-8,16H2,1-2H3,(H,17,19);1H. The van der Waals surface area contributed by atoms with E-state index in [1.807, 2.05) is 6.92 Å². The van der Waals surface area contributed by atoms with Crippen molar-refractivity contribution in [1.82, 2.24) is 10.3 Å². The van der Waals surface area contributed by atoms with E-state index in [0.29, 0.717) is 19.5 Å². The van der Waals surface area contributed by atoms with Crippen LogP contribution < -0.4 is 11.1 Å². The van der Waals surface area contributed by atoms with Crippen LogP contribution in [0.1, 0.15) is 16.3 Å². The molecule has 0 aliphatic carbocycles. The van der Waals surface area contributed by atoms with Crippen molar-refractivity contribution in [3.63, 3.8) is 0 Å². The van der Waals surface area contributed by atoms with Crippen LogP contribution in [0.4, 0.5) is 0 Å². The van der Waals surface area contributed by atoms with Gasteiger partial charge in [-0.25, -0.2) is 4.98 Å². The fraction of sp³-hybridized carbons (Fsp3) is 0.467. The lowest BCUT2D eigenvalue weighted by Gasteiger charge is -2.12. The molecule has 0 aliphatic heterocycles. The van der Waals surface area contributed by atoms with Crippen LogP contribution in [0.3, 0.4) is 0 Å². The van der Waals surface area contributed by atoms with Crippen molar-refractivity contribution in [2.45, 2.75) is 25.9 Å². The number of aromatic nitrogens is 1. The normalized spacial score (nSPS) is 11.8. The largest absolute Gasteiger partial charge is 0.380 e. The average Bonchev–Trinajstić information content (AvgIpc) is 3.13. The third-order valence-electron chi connectivity index (χ3n) is 3.24. The van der Waals surface area contributed by atoms with Gasteiger partial charge in [-0.1, -0.05) is 0 Å². The maximum absolute atomic E-state index is 11.7. The van der Waals surface area contributed by atoms with Crippen molar-refractivity contribution >= 4 is 41.0 Å². The van der Waals surface area contributed by atoms with Gasteiger partial charge >= 0.3 is 0 Å². The van der Waals surface area contributed by atoms with Gasteiger partial charge in [0.1, 0.15) is 0 Å². The fourth-order valence-electron chi connectivity index (χ4n) is 1.99. The molecule has 128 valence electrons. The van der Waals surface area contributed by atoms with Gasteiger partial charge in [0.25, 0.3) is 0 Å². The lowest BCUT2D eigenvalue weighted by molar-refractivity contribution is -0.123. The van der Waals surface area contributed by atoms with Crippen LogP contribution in [0, 0.1) is 6.92 Å². The highest BCUT2D eigenvalue weighted by molar-refractivity contribution is 7.16. The van der Waals surface area contributed by atoms with Crippen molar-refractivity contribution in [2.24, 2.45) is 5.73 Å². The number of nitrogens with one attached hydrogen (secondary N) is 1. The third-order valence-corrected chi connectivity index (χ3v) is 5.18. The fourth-order valence-corrected chi connectivity index (χ4v) is 3.65. The lowest BCUT2D eigenvalue weighted by atomic mass is 10.2. The molecule has 0 saturated carbocycles. The topological polar surface area (TPSA) is 77.2 Å². The van der Waals surface area contributed by atoms with Crippen molar-refractivity contribution < 1.29 is 9.53 Å². The van der Waals surface area contributed by atoms with Crippen molar-refractivity contribution in [1.29, 1.82) is 0 Å². The molecule has 5 nitrogen and oxygen atoms in total. The van der Waals surface area contributed by atoms with E-state index in [9.17, 15) is 4.79 Å². The average molecular weight is 376 g/mol. The van der Waals surface area contributed by atoms with Crippen molar-refractivity contribution in [3.05, 3.63) is 27.4 Å². The number of nitrogens with zero attached hydrogens (tertiary/aromatic N) is 1. The van der Waals surface area contributed by atoms with Crippen LogP contribution in [0.15, 0.2) is 17.5 Å². The van der Waals surface area contributed by atoms with Gasteiger partial charge in [-0.3, -0.25) is 4.79 Å². The Morgan fingerprint density at radius 3 is 2.87 bits per heavy atom. The summed E-state index contributed by atoms with van der Waals surface area (Å²) in [7, 11) is 1.57. The molecular formula is C15H22ClN3O2S2. The minimum absolute atomic E-state index is 0. The Balaban J connectivity index is 0.00000264. The SMILES string of the molecule is COC(CN)CC(=O)NCCc1ccc(-c2csc(C)n2)s1.Cl. The number of amides is 1. The van der Waals surface area contributed by atoms with Crippen LogP contribution in [-0.2, 0) is 16.0 Å². The van der Waals surface area contributed by atoms with Gasteiger partial charge in [0.2, 0.25) is 5.91 Å². The van der Waals surface area contributed by atoms with E-state index in [-0.39, 0.29) is 24.4 Å². The molecular weight excluding hydrogens is 354 g/mol. The molecule has 2 heterocycles. The molecule has 2 rings (SSSR count). The Hall–Kier alpha value is -0.990. The highest BCUT2D eigenvalue weighted by atomic mass is 35.5. The summed E-state index contributed by atoms with van der Waals surface area (Å²) in [6.45, 7) is 2.98. The summed E-state index contributed by atoms with van der Waals surface area (Å²) in [5.74, 6) is -0.0239. The Morgan fingerprint density at radius 2 is 2.26 bits per heavy atom. The monoisotopic (exact) mass is 375 g/mol. The van der Waals surface area contributed by atoms with E-state index in [4.69, 9.17) is 10.5 Å². The zero-order valence-corrected chi connectivity index (χ0v) is 15.7. The molecule has 23 heavy (non-hydrogen) atoms. The minimum atomic E-state index is -0.207. The zero-order valence-electron chi connectivity index (χ0n) is 13.2. The molecule has 1 unspecified atom stereocenters. The van der Waals surface area contributed by atoms with Crippen LogP contribution >= 0.6 is 35.1 Å². The Morgan fingerprint density at radius 1 is 1.48 bits per heavy atom. The maximum Gasteiger partial charge on any atom is 0.222 e. The van der Waals surface area contributed by atoms with E-state index in [0.717, 1.165) is 17.1 Å². The molecule has 2 aromatic rings. The summed E-state index contributed by atoms with van der Waals surface area (Å²) in [4.78, 5) is 18.6. The molecule has 0 aromatic carbocycles. The summed E-state index contributed by atoms with van der Waals surface area (Å²) < 4.78 is 5.10. The number of methoxy groups -OCH3 is 1. The smallest absolute Gasteiger partial charge is 0.222 e. The first-order valence-corrected chi connectivity index (χ1v) is 8.82. The number of aryl methyl sites for hydroxylation is 1. The quantitative estimate of drug-likeness (QED) is 0.743. The van der Waals surface area contributed by atoms with Gasteiger partial charge in [0.15, 0.2) is 0 Å². The number of ether oxygens (including phenoxy) is 1. The van der Waals surface area contributed by atoms with E-state index >= 15 is 0 Å². The molecule has 0 radical (unpaired) electrons. The summed E-state index contributed by atoms with van der Waals surface area (Å²) in [5, 5.41) is 6.05. The van der Waals surface area contributed by atoms with E-state index in [1.165, 1.54) is 9.75 Å². The van der Waals surface area contributed by atoms with Crippen LogP contribution in [0.2, 0.25) is 0 Å². The molecule has 8 heteroatoms. The van der Waals surface area contributed by atoms with Crippen LogP contribution in [-0.4, -0.2) is 37.2 Å². The van der Waals surface area contributed by atoms with Gasteiger partial charge in [-0.05, 0) is 25.5 Å². The summed E-state index contributed by atoms with van der Waals surface area (Å²) in [6, 6.07) is 4.18. The number of nitrogens with two attached hydrogens (primary N) is 1. The molecule has 1 atom stereocenters. The van der Waals surface area contributed by atoms with Gasteiger partial charge < -0.3 is 15.8 Å². The molecule has 0 bridgehead atoms. The molecule has 3 N–H and O–H groups in total. The lowest BCUT2D eigenvalue weighted by Crippen LogP contribution is -2.33. The number of rotatable bonds is 8. The second-order valence-electron chi connectivity index (χ2n) is 4.92. The maximum atomic E-state index is 11.7. The number of hydrogen-bond acceptors (Lipinski definition) is 6. The number of halogens is 1. The predicted molar refractivity (Wildman–Crippen MR) is 98.6 cm³/mol. The number of hydrogen-bond donors (Lipinski definition) is 2. The molecule has 0 saturated heterocycles.